The highest BCUT2D eigenvalue weighted by molar-refractivity contribution is 6.30. The smallest absolute Gasteiger partial charge is 0.168 e. The highest BCUT2D eigenvalue weighted by Crippen LogP contribution is 2.42. The molecule has 4 heteroatoms. The van der Waals surface area contributed by atoms with Crippen molar-refractivity contribution in [3.63, 3.8) is 0 Å². The van der Waals surface area contributed by atoms with Crippen LogP contribution in [0.3, 0.4) is 0 Å². The van der Waals surface area contributed by atoms with Crippen LogP contribution in [0.5, 0.6) is 11.5 Å². The Bertz CT molecular complexity index is 653. The molecule has 0 aliphatic rings. The summed E-state index contributed by atoms with van der Waals surface area (Å²) in [6.45, 7) is 3.98. The van der Waals surface area contributed by atoms with Crippen molar-refractivity contribution in [3.05, 3.63) is 46.5 Å². The highest BCUT2D eigenvalue weighted by Gasteiger charge is 2.17. The molecule has 3 nitrogen and oxygen atoms in total. The van der Waals surface area contributed by atoms with Gasteiger partial charge in [-0.2, -0.15) is 0 Å². The van der Waals surface area contributed by atoms with E-state index in [9.17, 15) is 0 Å². The van der Waals surface area contributed by atoms with E-state index in [1.807, 2.05) is 44.2 Å². The second-order valence-electron chi connectivity index (χ2n) is 5.05. The molecule has 2 aromatic carbocycles. The zero-order valence-corrected chi connectivity index (χ0v) is 13.5. The van der Waals surface area contributed by atoms with Crippen LogP contribution in [0, 0.1) is 6.92 Å². The van der Waals surface area contributed by atoms with E-state index in [4.69, 9.17) is 26.8 Å². The monoisotopic (exact) mass is 305 g/mol. The number of aryl methyl sites for hydroxylation is 1. The number of rotatable bonds is 4. The van der Waals surface area contributed by atoms with Crippen molar-refractivity contribution in [2.45, 2.75) is 19.9 Å². The van der Waals surface area contributed by atoms with Gasteiger partial charge in [-0.15, -0.1) is 0 Å². The first kappa shape index (κ1) is 15.7. The van der Waals surface area contributed by atoms with Crippen molar-refractivity contribution in [3.8, 4) is 22.6 Å². The standard InChI is InChI=1S/C17H20ClNO2/c1-10-5-6-13(18)9-14(10)15-7-12(11(2)19)8-16(20-3)17(15)21-4/h5-9,11H,19H2,1-4H3. The lowest BCUT2D eigenvalue weighted by molar-refractivity contribution is 0.355. The van der Waals surface area contributed by atoms with Gasteiger partial charge in [-0.25, -0.2) is 0 Å². The van der Waals surface area contributed by atoms with Gasteiger partial charge in [0.1, 0.15) is 0 Å². The van der Waals surface area contributed by atoms with Crippen molar-refractivity contribution in [2.24, 2.45) is 5.73 Å². The van der Waals surface area contributed by atoms with E-state index in [1.165, 1.54) is 0 Å². The topological polar surface area (TPSA) is 44.5 Å². The first-order valence-corrected chi connectivity index (χ1v) is 7.13. The fraction of sp³-hybridized carbons (Fsp3) is 0.294. The number of hydrogen-bond donors (Lipinski definition) is 1. The predicted molar refractivity (Wildman–Crippen MR) is 87.3 cm³/mol. The molecule has 1 atom stereocenters. The summed E-state index contributed by atoms with van der Waals surface area (Å²) in [6.07, 6.45) is 0. The minimum Gasteiger partial charge on any atom is -0.493 e. The van der Waals surface area contributed by atoms with Crippen molar-refractivity contribution in [1.82, 2.24) is 0 Å². The van der Waals surface area contributed by atoms with Gasteiger partial charge in [0, 0.05) is 16.6 Å². The van der Waals surface area contributed by atoms with Crippen LogP contribution >= 0.6 is 11.6 Å². The molecule has 0 heterocycles. The lowest BCUT2D eigenvalue weighted by Crippen LogP contribution is -2.06. The lowest BCUT2D eigenvalue weighted by Gasteiger charge is -2.18. The van der Waals surface area contributed by atoms with Gasteiger partial charge >= 0.3 is 0 Å². The summed E-state index contributed by atoms with van der Waals surface area (Å²) in [5.41, 5.74) is 10.1. The van der Waals surface area contributed by atoms with Crippen LogP contribution in [-0.2, 0) is 0 Å². The van der Waals surface area contributed by atoms with Gasteiger partial charge in [0.25, 0.3) is 0 Å². The molecule has 2 aromatic rings. The fourth-order valence-corrected chi connectivity index (χ4v) is 2.51. The summed E-state index contributed by atoms with van der Waals surface area (Å²) in [4.78, 5) is 0. The van der Waals surface area contributed by atoms with Gasteiger partial charge in [0.2, 0.25) is 0 Å². The van der Waals surface area contributed by atoms with Crippen LogP contribution in [0.1, 0.15) is 24.1 Å². The zero-order chi connectivity index (χ0) is 15.6. The average Bonchev–Trinajstić information content (AvgIpc) is 2.48. The van der Waals surface area contributed by atoms with E-state index in [0.717, 1.165) is 22.3 Å². The second-order valence-corrected chi connectivity index (χ2v) is 5.49. The first-order valence-electron chi connectivity index (χ1n) is 6.76. The zero-order valence-electron chi connectivity index (χ0n) is 12.7. The van der Waals surface area contributed by atoms with Gasteiger partial charge in [0.05, 0.1) is 14.2 Å². The van der Waals surface area contributed by atoms with Crippen molar-refractivity contribution in [2.75, 3.05) is 14.2 Å². The molecule has 0 amide bonds. The molecule has 0 saturated heterocycles. The maximum atomic E-state index is 6.14. The van der Waals surface area contributed by atoms with E-state index < -0.39 is 0 Å². The van der Waals surface area contributed by atoms with Gasteiger partial charge in [-0.1, -0.05) is 17.7 Å². The molecule has 0 radical (unpaired) electrons. The summed E-state index contributed by atoms with van der Waals surface area (Å²) in [6, 6.07) is 9.64. The van der Waals surface area contributed by atoms with Crippen molar-refractivity contribution < 1.29 is 9.47 Å². The van der Waals surface area contributed by atoms with Crippen LogP contribution in [0.25, 0.3) is 11.1 Å². The maximum absolute atomic E-state index is 6.14. The Kier molecular flexibility index (Phi) is 4.76. The molecule has 0 saturated carbocycles. The Morgan fingerprint density at radius 1 is 1.05 bits per heavy atom. The van der Waals surface area contributed by atoms with Gasteiger partial charge in [-0.3, -0.25) is 0 Å². The molecule has 21 heavy (non-hydrogen) atoms. The van der Waals surface area contributed by atoms with Crippen molar-refractivity contribution >= 4 is 11.6 Å². The number of ether oxygens (including phenoxy) is 2. The summed E-state index contributed by atoms with van der Waals surface area (Å²) in [5.74, 6) is 1.36. The Morgan fingerprint density at radius 3 is 2.33 bits per heavy atom. The van der Waals surface area contributed by atoms with E-state index in [1.54, 1.807) is 14.2 Å². The quantitative estimate of drug-likeness (QED) is 0.913. The Balaban J connectivity index is 2.76. The molecular formula is C17H20ClNO2. The minimum atomic E-state index is -0.0944. The third-order valence-electron chi connectivity index (χ3n) is 3.52. The van der Waals surface area contributed by atoms with Crippen LogP contribution in [-0.4, -0.2) is 14.2 Å². The molecule has 0 spiro atoms. The van der Waals surface area contributed by atoms with E-state index in [2.05, 4.69) is 0 Å². The average molecular weight is 306 g/mol. The Morgan fingerprint density at radius 2 is 1.76 bits per heavy atom. The maximum Gasteiger partial charge on any atom is 0.168 e. The third kappa shape index (κ3) is 3.14. The van der Waals surface area contributed by atoms with E-state index in [0.29, 0.717) is 16.5 Å². The van der Waals surface area contributed by atoms with Gasteiger partial charge in [-0.05, 0) is 54.8 Å². The summed E-state index contributed by atoms with van der Waals surface area (Å²) >= 11 is 6.14. The molecule has 2 rings (SSSR count). The van der Waals surface area contributed by atoms with Crippen LogP contribution in [0.4, 0.5) is 0 Å². The fourth-order valence-electron chi connectivity index (χ4n) is 2.33. The van der Waals surface area contributed by atoms with E-state index >= 15 is 0 Å². The van der Waals surface area contributed by atoms with Crippen LogP contribution in [0.2, 0.25) is 5.02 Å². The minimum absolute atomic E-state index is 0.0944. The van der Waals surface area contributed by atoms with Crippen LogP contribution < -0.4 is 15.2 Å². The van der Waals surface area contributed by atoms with E-state index in [-0.39, 0.29) is 6.04 Å². The molecule has 2 N–H and O–H groups in total. The number of benzene rings is 2. The molecule has 0 aliphatic carbocycles. The van der Waals surface area contributed by atoms with Crippen LogP contribution in [0.15, 0.2) is 30.3 Å². The summed E-state index contributed by atoms with van der Waals surface area (Å²) in [7, 11) is 3.25. The first-order chi connectivity index (χ1) is 9.97. The number of methoxy groups -OCH3 is 2. The Labute approximate surface area is 130 Å². The van der Waals surface area contributed by atoms with Crippen molar-refractivity contribution in [1.29, 1.82) is 0 Å². The molecule has 1 unspecified atom stereocenters. The Hall–Kier alpha value is -1.71. The molecule has 0 fully saturated rings. The lowest BCUT2D eigenvalue weighted by atomic mass is 9.95. The summed E-state index contributed by atoms with van der Waals surface area (Å²) in [5, 5.41) is 0.683. The highest BCUT2D eigenvalue weighted by atomic mass is 35.5. The second kappa shape index (κ2) is 6.37. The van der Waals surface area contributed by atoms with Gasteiger partial charge in [0.15, 0.2) is 11.5 Å². The molecule has 0 aliphatic heterocycles. The van der Waals surface area contributed by atoms with Gasteiger partial charge < -0.3 is 15.2 Å². The molecule has 0 bridgehead atoms. The molecular weight excluding hydrogens is 286 g/mol. The normalized spacial score (nSPS) is 12.1. The molecule has 112 valence electrons. The number of nitrogens with two attached hydrogens (primary N) is 1. The molecule has 0 aromatic heterocycles. The number of halogens is 1. The number of hydrogen-bond acceptors (Lipinski definition) is 3. The summed E-state index contributed by atoms with van der Waals surface area (Å²) < 4.78 is 11.0. The third-order valence-corrected chi connectivity index (χ3v) is 3.75. The largest absolute Gasteiger partial charge is 0.493 e. The predicted octanol–water partition coefficient (Wildman–Crippen LogP) is 4.35. The SMILES string of the molecule is COc1cc(C(C)N)cc(-c2cc(Cl)ccc2C)c1OC.